The second-order valence-electron chi connectivity index (χ2n) is 5.63. The van der Waals surface area contributed by atoms with Gasteiger partial charge in [-0.3, -0.25) is 9.71 Å². The number of amidine groups is 1. The van der Waals surface area contributed by atoms with Crippen LogP contribution in [0.5, 0.6) is 0 Å². The van der Waals surface area contributed by atoms with Crippen molar-refractivity contribution in [3.63, 3.8) is 0 Å². The molecule has 0 saturated carbocycles. The quantitative estimate of drug-likeness (QED) is 0.893. The molecule has 0 radical (unpaired) electrons. The lowest BCUT2D eigenvalue weighted by atomic mass is 10.1. The van der Waals surface area contributed by atoms with Crippen LogP contribution in [-0.4, -0.2) is 14.3 Å². The third-order valence-corrected chi connectivity index (χ3v) is 5.70. The maximum atomic E-state index is 12.5. The second kappa shape index (κ2) is 6.42. The average Bonchev–Trinajstić information content (AvgIpc) is 2.78. The highest BCUT2D eigenvalue weighted by atomic mass is 35.5. The zero-order chi connectivity index (χ0) is 17.3. The predicted octanol–water partition coefficient (Wildman–Crippen LogP) is 4.16. The summed E-state index contributed by atoms with van der Waals surface area (Å²) >= 11 is 5.89. The normalized spacial score (nSPS) is 19.4. The van der Waals surface area contributed by atoms with E-state index in [1.54, 1.807) is 31.2 Å². The van der Waals surface area contributed by atoms with Crippen molar-refractivity contribution in [3.8, 4) is 0 Å². The molecule has 1 aliphatic heterocycles. The number of benzene rings is 2. The first-order chi connectivity index (χ1) is 11.4. The zero-order valence-corrected chi connectivity index (χ0v) is 14.9. The Morgan fingerprint density at radius 1 is 1.04 bits per heavy atom. The highest BCUT2D eigenvalue weighted by Gasteiger charge is 2.32. The highest BCUT2D eigenvalue weighted by Crippen LogP contribution is 2.31. The molecule has 6 heteroatoms. The lowest BCUT2D eigenvalue weighted by Crippen LogP contribution is -2.24. The molecule has 3 rings (SSSR count). The van der Waals surface area contributed by atoms with Crippen LogP contribution in [0.2, 0.25) is 5.02 Å². The molecular formula is C18H17ClN2O2S. The molecule has 2 aromatic carbocycles. The Bertz CT molecular complexity index is 917. The minimum Gasteiger partial charge on any atom is -0.263 e. The van der Waals surface area contributed by atoms with Gasteiger partial charge in [-0.2, -0.15) is 0 Å². The Morgan fingerprint density at radius 2 is 1.67 bits per heavy atom. The molecule has 1 heterocycles. The van der Waals surface area contributed by atoms with Crippen molar-refractivity contribution in [2.24, 2.45) is 4.99 Å². The summed E-state index contributed by atoms with van der Waals surface area (Å²) in [6.07, 6.45) is 0. The van der Waals surface area contributed by atoms with Crippen molar-refractivity contribution < 1.29 is 8.42 Å². The summed E-state index contributed by atoms with van der Waals surface area (Å²) in [4.78, 5) is 4.81. The van der Waals surface area contributed by atoms with Crippen molar-refractivity contribution in [1.29, 1.82) is 0 Å². The first-order valence-corrected chi connectivity index (χ1v) is 9.37. The lowest BCUT2D eigenvalue weighted by Gasteiger charge is -2.08. The molecule has 0 amide bonds. The third-order valence-electron chi connectivity index (χ3n) is 3.91. The molecule has 0 bridgehead atoms. The standard InChI is InChI=1S/C18H17ClN2O2S/c1-12-17(15-8-10-16(19)11-9-15)24(22,23)21-18(12)20-13(2)14-6-4-3-5-7-14/h3-11,13H,1-2H3,(H,20,21)/t13-/m1/s1. The number of nitrogens with one attached hydrogen (secondary N) is 1. The third kappa shape index (κ3) is 3.23. The molecule has 24 heavy (non-hydrogen) atoms. The van der Waals surface area contributed by atoms with E-state index in [1.165, 1.54) is 0 Å². The van der Waals surface area contributed by atoms with Gasteiger partial charge in [0.05, 0.1) is 6.04 Å². The van der Waals surface area contributed by atoms with Crippen LogP contribution in [-0.2, 0) is 10.0 Å². The van der Waals surface area contributed by atoms with Gasteiger partial charge in [-0.15, -0.1) is 0 Å². The molecule has 0 aliphatic carbocycles. The van der Waals surface area contributed by atoms with Crippen molar-refractivity contribution in [1.82, 2.24) is 4.72 Å². The topological polar surface area (TPSA) is 58.5 Å². The Morgan fingerprint density at radius 3 is 2.29 bits per heavy atom. The van der Waals surface area contributed by atoms with Gasteiger partial charge in [0.15, 0.2) is 0 Å². The van der Waals surface area contributed by atoms with Crippen LogP contribution in [0.4, 0.5) is 0 Å². The number of sulfonamides is 1. The summed E-state index contributed by atoms with van der Waals surface area (Å²) in [5.41, 5.74) is 2.24. The van der Waals surface area contributed by atoms with Gasteiger partial charge in [0.2, 0.25) is 0 Å². The molecule has 124 valence electrons. The summed E-state index contributed by atoms with van der Waals surface area (Å²) in [5, 5.41) is 0.562. The van der Waals surface area contributed by atoms with E-state index in [4.69, 9.17) is 11.6 Å². The van der Waals surface area contributed by atoms with Crippen LogP contribution < -0.4 is 4.72 Å². The minimum atomic E-state index is -3.62. The number of hydrogen-bond donors (Lipinski definition) is 1. The number of aliphatic imine (C=N–C) groups is 1. The van der Waals surface area contributed by atoms with E-state index < -0.39 is 10.0 Å². The molecule has 0 saturated heterocycles. The number of hydrogen-bond acceptors (Lipinski definition) is 3. The number of nitrogens with zero attached hydrogens (tertiary/aromatic N) is 1. The van der Waals surface area contributed by atoms with E-state index in [-0.39, 0.29) is 10.9 Å². The van der Waals surface area contributed by atoms with Crippen molar-refractivity contribution in [3.05, 3.63) is 76.3 Å². The lowest BCUT2D eigenvalue weighted by molar-refractivity contribution is 0.603. The summed E-state index contributed by atoms with van der Waals surface area (Å²) in [5.74, 6) is 0.385. The summed E-state index contributed by atoms with van der Waals surface area (Å²) in [7, 11) is -3.62. The Hall–Kier alpha value is -2.11. The van der Waals surface area contributed by atoms with Crippen LogP contribution in [0.15, 0.2) is 65.2 Å². The van der Waals surface area contributed by atoms with Crippen LogP contribution in [0, 0.1) is 0 Å². The number of halogens is 1. The van der Waals surface area contributed by atoms with E-state index >= 15 is 0 Å². The van der Waals surface area contributed by atoms with Crippen molar-refractivity contribution in [2.45, 2.75) is 19.9 Å². The van der Waals surface area contributed by atoms with E-state index in [0.29, 0.717) is 22.0 Å². The van der Waals surface area contributed by atoms with Gasteiger partial charge >= 0.3 is 0 Å². The Kier molecular flexibility index (Phi) is 4.47. The van der Waals surface area contributed by atoms with Crippen LogP contribution in [0.25, 0.3) is 4.91 Å². The largest absolute Gasteiger partial charge is 0.264 e. The first-order valence-electron chi connectivity index (χ1n) is 7.51. The molecule has 0 unspecified atom stereocenters. The van der Waals surface area contributed by atoms with Gasteiger partial charge in [0.1, 0.15) is 10.7 Å². The second-order valence-corrected chi connectivity index (χ2v) is 7.69. The van der Waals surface area contributed by atoms with E-state index in [9.17, 15) is 8.42 Å². The van der Waals surface area contributed by atoms with Crippen molar-refractivity contribution in [2.75, 3.05) is 0 Å². The molecule has 1 atom stereocenters. The van der Waals surface area contributed by atoms with Gasteiger partial charge in [-0.1, -0.05) is 54.1 Å². The molecule has 0 aromatic heterocycles. The number of rotatable bonds is 3. The van der Waals surface area contributed by atoms with Crippen molar-refractivity contribution >= 4 is 32.4 Å². The van der Waals surface area contributed by atoms with Gasteiger partial charge in [0.25, 0.3) is 10.0 Å². The van der Waals surface area contributed by atoms with E-state index in [0.717, 1.165) is 5.56 Å². The van der Waals surface area contributed by atoms with E-state index in [1.807, 2.05) is 37.3 Å². The molecule has 4 nitrogen and oxygen atoms in total. The average molecular weight is 361 g/mol. The summed E-state index contributed by atoms with van der Waals surface area (Å²) in [6.45, 7) is 3.70. The van der Waals surface area contributed by atoms with Gasteiger partial charge in [-0.05, 0) is 37.1 Å². The zero-order valence-electron chi connectivity index (χ0n) is 13.3. The maximum Gasteiger partial charge on any atom is 0.264 e. The molecule has 1 aliphatic rings. The molecule has 0 spiro atoms. The SMILES string of the molecule is CC1=C(c2ccc(Cl)cc2)S(=O)(=O)NC1=N[C@H](C)c1ccccc1. The van der Waals surface area contributed by atoms with Gasteiger partial charge < -0.3 is 0 Å². The minimum absolute atomic E-state index is 0.150. The fourth-order valence-electron chi connectivity index (χ4n) is 2.66. The smallest absolute Gasteiger partial charge is 0.263 e. The summed E-state index contributed by atoms with van der Waals surface area (Å²) < 4.78 is 27.6. The predicted molar refractivity (Wildman–Crippen MR) is 98.4 cm³/mol. The fourth-order valence-corrected chi connectivity index (χ4v) is 4.29. The van der Waals surface area contributed by atoms with Crippen LogP contribution in [0.3, 0.4) is 0 Å². The molecular weight excluding hydrogens is 344 g/mol. The molecule has 2 aromatic rings. The molecule has 0 fully saturated rings. The Labute approximate surface area is 146 Å². The highest BCUT2D eigenvalue weighted by molar-refractivity contribution is 8.00. The van der Waals surface area contributed by atoms with Crippen LogP contribution in [0.1, 0.15) is 31.0 Å². The maximum absolute atomic E-state index is 12.5. The molecule has 1 N–H and O–H groups in total. The van der Waals surface area contributed by atoms with Gasteiger partial charge in [-0.25, -0.2) is 8.42 Å². The summed E-state index contributed by atoms with van der Waals surface area (Å²) in [6, 6.07) is 16.3. The monoisotopic (exact) mass is 360 g/mol. The first kappa shape index (κ1) is 16.7. The Balaban J connectivity index is 2.03. The van der Waals surface area contributed by atoms with E-state index in [2.05, 4.69) is 9.71 Å². The van der Waals surface area contributed by atoms with Crippen LogP contribution >= 0.6 is 11.6 Å². The van der Waals surface area contributed by atoms with Gasteiger partial charge in [0, 0.05) is 10.6 Å². The fraction of sp³-hybridized carbons (Fsp3) is 0.167.